The van der Waals surface area contributed by atoms with Gasteiger partial charge in [-0.05, 0) is 68.7 Å². The summed E-state index contributed by atoms with van der Waals surface area (Å²) in [5, 5.41) is 10.1. The van der Waals surface area contributed by atoms with Gasteiger partial charge in [0.1, 0.15) is 10.8 Å². The summed E-state index contributed by atoms with van der Waals surface area (Å²) in [6, 6.07) is 12.4. The fourth-order valence-corrected chi connectivity index (χ4v) is 5.66. The fourth-order valence-electron chi connectivity index (χ4n) is 4.72. The van der Waals surface area contributed by atoms with E-state index in [1.165, 1.54) is 35.3 Å². The van der Waals surface area contributed by atoms with E-state index in [9.17, 15) is 14.7 Å². The maximum absolute atomic E-state index is 13.9. The second-order valence-corrected chi connectivity index (χ2v) is 11.0. The number of carboxylic acids is 1. The molecule has 0 radical (unpaired) electrons. The summed E-state index contributed by atoms with van der Waals surface area (Å²) in [5.74, 6) is -0.349. The zero-order valence-electron chi connectivity index (χ0n) is 21.8. The molecule has 1 aliphatic rings. The van der Waals surface area contributed by atoms with Crippen molar-refractivity contribution in [3.8, 4) is 5.75 Å². The molecule has 1 amide bonds. The highest BCUT2D eigenvalue weighted by Gasteiger charge is 2.54. The van der Waals surface area contributed by atoms with Crippen LogP contribution in [0.2, 0.25) is 0 Å². The van der Waals surface area contributed by atoms with Gasteiger partial charge in [0.15, 0.2) is 5.69 Å². The van der Waals surface area contributed by atoms with Crippen LogP contribution in [0.15, 0.2) is 42.6 Å². The maximum atomic E-state index is 13.9. The number of aromatic nitrogens is 2. The number of benzene rings is 1. The Balaban J connectivity index is 1.51. The largest absolute Gasteiger partial charge is 0.495 e. The van der Waals surface area contributed by atoms with Gasteiger partial charge in [0.25, 0.3) is 0 Å². The van der Waals surface area contributed by atoms with Crippen LogP contribution >= 0.6 is 11.3 Å². The van der Waals surface area contributed by atoms with Gasteiger partial charge in [-0.1, -0.05) is 37.6 Å². The molecule has 0 unspecified atom stereocenters. The maximum Gasteiger partial charge on any atom is 0.355 e. The number of methoxy groups -OCH3 is 1. The van der Waals surface area contributed by atoms with E-state index in [1.807, 2.05) is 17.0 Å². The van der Waals surface area contributed by atoms with Crippen LogP contribution in [0.4, 0.5) is 0 Å². The Morgan fingerprint density at radius 2 is 1.86 bits per heavy atom. The minimum Gasteiger partial charge on any atom is -0.495 e. The average molecular weight is 522 g/mol. The molecule has 1 fully saturated rings. The van der Waals surface area contributed by atoms with Gasteiger partial charge in [-0.15, -0.1) is 11.3 Å². The summed E-state index contributed by atoms with van der Waals surface area (Å²) in [4.78, 5) is 36.8. The van der Waals surface area contributed by atoms with Gasteiger partial charge < -0.3 is 14.7 Å². The van der Waals surface area contributed by atoms with Crippen molar-refractivity contribution in [2.75, 3.05) is 13.7 Å². The minimum absolute atomic E-state index is 0.0339. The summed E-state index contributed by atoms with van der Waals surface area (Å²) in [6.45, 7) is 4.82. The topological polar surface area (TPSA) is 92.6 Å². The zero-order valence-corrected chi connectivity index (χ0v) is 22.6. The molecule has 1 saturated carbocycles. The Labute approximate surface area is 222 Å². The third-order valence-electron chi connectivity index (χ3n) is 6.98. The van der Waals surface area contributed by atoms with Crippen molar-refractivity contribution in [2.45, 2.75) is 70.8 Å². The molecule has 1 aliphatic carbocycles. The molecule has 0 bridgehead atoms. The van der Waals surface area contributed by atoms with Gasteiger partial charge in [0.05, 0.1) is 31.0 Å². The number of hydrogen-bond donors (Lipinski definition) is 1. The lowest BCUT2D eigenvalue weighted by Crippen LogP contribution is -2.40. The highest BCUT2D eigenvalue weighted by molar-refractivity contribution is 7.11. The Hall–Kier alpha value is -3.26. The van der Waals surface area contributed by atoms with Crippen LogP contribution in [0.25, 0.3) is 0 Å². The van der Waals surface area contributed by atoms with Gasteiger partial charge in [-0.3, -0.25) is 9.78 Å². The number of carboxylic acid groups (broad SMARTS) is 1. The molecule has 1 N–H and O–H groups in total. The molecule has 3 aromatic rings. The van der Waals surface area contributed by atoms with E-state index in [1.54, 1.807) is 20.2 Å². The van der Waals surface area contributed by atoms with E-state index in [0.29, 0.717) is 28.7 Å². The number of pyridine rings is 1. The van der Waals surface area contributed by atoms with E-state index in [-0.39, 0.29) is 11.6 Å². The van der Waals surface area contributed by atoms with Gasteiger partial charge in [0.2, 0.25) is 5.91 Å². The Morgan fingerprint density at radius 3 is 2.43 bits per heavy atom. The first-order chi connectivity index (χ1) is 17.9. The molecule has 196 valence electrons. The van der Waals surface area contributed by atoms with Crippen LogP contribution < -0.4 is 4.74 Å². The number of nitrogens with zero attached hydrogens (tertiary/aromatic N) is 3. The lowest BCUT2D eigenvalue weighted by Gasteiger charge is -2.27. The summed E-state index contributed by atoms with van der Waals surface area (Å²) >= 11 is 1.34. The summed E-state index contributed by atoms with van der Waals surface area (Å²) < 4.78 is 5.23. The predicted molar refractivity (Wildman–Crippen MR) is 144 cm³/mol. The highest BCUT2D eigenvalue weighted by atomic mass is 32.1. The number of rotatable bonds is 13. The fraction of sp³-hybridized carbons (Fsp3) is 0.448. The minimum atomic E-state index is -1.04. The van der Waals surface area contributed by atoms with Gasteiger partial charge in [-0.2, -0.15) is 0 Å². The normalized spacial score (nSPS) is 13.8. The van der Waals surface area contributed by atoms with Crippen molar-refractivity contribution in [3.63, 3.8) is 0 Å². The van der Waals surface area contributed by atoms with Crippen molar-refractivity contribution < 1.29 is 19.4 Å². The molecule has 4 rings (SSSR count). The van der Waals surface area contributed by atoms with Gasteiger partial charge in [-0.25, -0.2) is 9.78 Å². The summed E-state index contributed by atoms with van der Waals surface area (Å²) in [7, 11) is 1.59. The molecule has 37 heavy (non-hydrogen) atoms. The average Bonchev–Trinajstić information content (AvgIpc) is 3.63. The van der Waals surface area contributed by atoms with Gasteiger partial charge in [0, 0.05) is 11.4 Å². The Morgan fingerprint density at radius 1 is 1.14 bits per heavy atom. The van der Waals surface area contributed by atoms with Crippen LogP contribution in [0.5, 0.6) is 5.75 Å². The first-order valence-electron chi connectivity index (χ1n) is 12.9. The molecule has 0 spiro atoms. The van der Waals surface area contributed by atoms with Crippen molar-refractivity contribution in [2.24, 2.45) is 0 Å². The Kier molecular flexibility index (Phi) is 8.59. The molecule has 2 heterocycles. The third kappa shape index (κ3) is 6.36. The van der Waals surface area contributed by atoms with Crippen LogP contribution in [-0.4, -0.2) is 45.5 Å². The molecule has 0 saturated heterocycles. The first-order valence-corrected chi connectivity index (χ1v) is 13.7. The molecule has 0 atom stereocenters. The molecule has 2 aromatic heterocycles. The number of ether oxygens (including phenoxy) is 1. The van der Waals surface area contributed by atoms with Crippen molar-refractivity contribution >= 4 is 23.2 Å². The quantitative estimate of drug-likeness (QED) is 0.315. The molecule has 8 heteroatoms. The van der Waals surface area contributed by atoms with E-state index in [4.69, 9.17) is 4.74 Å². The van der Waals surface area contributed by atoms with Crippen LogP contribution in [0.3, 0.4) is 0 Å². The zero-order chi connectivity index (χ0) is 26.4. The molecule has 0 aliphatic heterocycles. The van der Waals surface area contributed by atoms with Crippen LogP contribution in [0.1, 0.15) is 76.2 Å². The van der Waals surface area contributed by atoms with Crippen molar-refractivity contribution in [1.82, 2.24) is 14.9 Å². The van der Waals surface area contributed by atoms with Gasteiger partial charge >= 0.3 is 5.97 Å². The number of aromatic carboxylic acids is 1. The van der Waals surface area contributed by atoms with Crippen molar-refractivity contribution in [3.05, 3.63) is 75.0 Å². The summed E-state index contributed by atoms with van der Waals surface area (Å²) in [6.07, 6.45) is 8.27. The first kappa shape index (κ1) is 26.8. The van der Waals surface area contributed by atoms with E-state index < -0.39 is 11.4 Å². The second kappa shape index (κ2) is 11.9. The second-order valence-electron chi connectivity index (χ2n) is 9.74. The number of hydrogen-bond acceptors (Lipinski definition) is 6. The number of unbranched alkanes of at least 4 members (excludes halogenated alkanes) is 1. The smallest absolute Gasteiger partial charge is 0.355 e. The number of amides is 1. The van der Waals surface area contributed by atoms with Crippen molar-refractivity contribution in [1.29, 1.82) is 0 Å². The lowest BCUT2D eigenvalue weighted by molar-refractivity contribution is -0.134. The van der Waals surface area contributed by atoms with E-state index >= 15 is 0 Å². The number of carbonyl (C=O) groups excluding carboxylic acids is 1. The van der Waals surface area contributed by atoms with E-state index in [0.717, 1.165) is 37.8 Å². The highest BCUT2D eigenvalue weighted by Crippen LogP contribution is 2.49. The predicted octanol–water partition coefficient (Wildman–Crippen LogP) is 5.59. The molecule has 7 nitrogen and oxygen atoms in total. The molecule has 1 aromatic carbocycles. The SMILES string of the molecule is CCCCc1cccc(CCCN(Cc2nc(C(=O)O)c(C)s2)C(=O)C2(c3ccc(OC)cn3)CC2)c1. The van der Waals surface area contributed by atoms with E-state index in [2.05, 4.69) is 41.2 Å². The summed E-state index contributed by atoms with van der Waals surface area (Å²) in [5.41, 5.74) is 2.82. The number of carbonyl (C=O) groups is 2. The Bertz CT molecular complexity index is 1230. The molecular formula is C29H35N3O4S. The number of thiazole rings is 1. The standard InChI is InChI=1S/C29H35N3O4S/c1-4-5-8-21-9-6-10-22(17-21)11-7-16-32(19-25-31-26(27(33)34)20(2)37-25)28(35)29(14-15-29)24-13-12-23(36-3)18-30-24/h6,9-10,12-13,17-18H,4-5,7-8,11,14-16,19H2,1-3H3,(H,33,34). The monoisotopic (exact) mass is 521 g/mol. The third-order valence-corrected chi connectivity index (χ3v) is 7.94. The lowest BCUT2D eigenvalue weighted by atomic mass is 9.99. The van der Waals surface area contributed by atoms with Crippen LogP contribution in [-0.2, 0) is 29.6 Å². The number of aryl methyl sites for hydroxylation is 3. The van der Waals surface area contributed by atoms with Crippen LogP contribution in [0, 0.1) is 6.92 Å². The molecular weight excluding hydrogens is 486 g/mol.